The predicted octanol–water partition coefficient (Wildman–Crippen LogP) is 5.49. The Hall–Kier alpha value is -0.0600. The zero-order valence-corrected chi connectivity index (χ0v) is 14.6. The molecule has 0 heterocycles. The molecule has 1 aliphatic rings. The van der Waals surface area contributed by atoms with Crippen molar-refractivity contribution < 1.29 is 0 Å². The van der Waals surface area contributed by atoms with Gasteiger partial charge in [-0.3, -0.25) is 0 Å². The molecule has 1 fully saturated rings. The van der Waals surface area contributed by atoms with E-state index in [0.717, 1.165) is 14.6 Å². The monoisotopic (exact) mass is 406 g/mol. The molecule has 0 amide bonds. The Morgan fingerprint density at radius 3 is 2.32 bits per heavy atom. The summed E-state index contributed by atoms with van der Waals surface area (Å²) in [6, 6.07) is 4.34. The highest BCUT2D eigenvalue weighted by Crippen LogP contribution is 2.40. The molecule has 2 rings (SSSR count). The number of nitrogens with two attached hydrogens (primary N) is 1. The first kappa shape index (κ1) is 15.3. The second-order valence-corrected chi connectivity index (χ2v) is 6.88. The Kier molecular flexibility index (Phi) is 5.72. The average molecular weight is 409 g/mol. The van der Waals surface area contributed by atoms with E-state index in [-0.39, 0.29) is 5.88 Å². The van der Waals surface area contributed by atoms with Crippen molar-refractivity contribution in [2.75, 3.05) is 5.88 Å². The standard InChI is InChI=1S/C14H17Br2ClN2/c15-11-6-10(9-4-2-1-3-5-9)7-12(16)14(11)19-13(18)8-17/h6-7,9H,1-5,8H2,(H2,18,19). The lowest BCUT2D eigenvalue weighted by atomic mass is 9.84. The van der Waals surface area contributed by atoms with Crippen molar-refractivity contribution in [2.24, 2.45) is 10.7 Å². The summed E-state index contributed by atoms with van der Waals surface area (Å²) >= 11 is 12.8. The van der Waals surface area contributed by atoms with Crippen molar-refractivity contribution in [2.45, 2.75) is 38.0 Å². The third-order valence-electron chi connectivity index (χ3n) is 3.51. The van der Waals surface area contributed by atoms with Gasteiger partial charge in [0.2, 0.25) is 0 Å². The summed E-state index contributed by atoms with van der Waals surface area (Å²) in [6.07, 6.45) is 6.60. The number of aliphatic imine (C=N–C) groups is 1. The van der Waals surface area contributed by atoms with E-state index in [1.54, 1.807) is 0 Å². The SMILES string of the molecule is NC(CCl)=Nc1c(Br)cc(C2CCCCC2)cc1Br. The van der Waals surface area contributed by atoms with Crippen LogP contribution in [0.2, 0.25) is 0 Å². The van der Waals surface area contributed by atoms with Gasteiger partial charge in [0.1, 0.15) is 5.84 Å². The number of hydrogen-bond acceptors (Lipinski definition) is 1. The first-order chi connectivity index (χ1) is 9.11. The number of alkyl halides is 1. The third kappa shape index (κ3) is 3.96. The van der Waals surface area contributed by atoms with Crippen molar-refractivity contribution >= 4 is 55.0 Å². The van der Waals surface area contributed by atoms with Gasteiger partial charge in [0.05, 0.1) is 11.6 Å². The molecule has 0 saturated heterocycles. The third-order valence-corrected chi connectivity index (χ3v) is 4.99. The normalized spacial score (nSPS) is 17.7. The summed E-state index contributed by atoms with van der Waals surface area (Å²) in [6.45, 7) is 0. The van der Waals surface area contributed by atoms with Crippen LogP contribution in [0.1, 0.15) is 43.6 Å². The second-order valence-electron chi connectivity index (χ2n) is 4.90. The van der Waals surface area contributed by atoms with E-state index in [1.165, 1.54) is 37.7 Å². The number of nitrogens with zero attached hydrogens (tertiary/aromatic N) is 1. The molecule has 0 atom stereocenters. The van der Waals surface area contributed by atoms with Gasteiger partial charge in [-0.1, -0.05) is 19.3 Å². The molecule has 2 nitrogen and oxygen atoms in total. The van der Waals surface area contributed by atoms with Crippen LogP contribution in [0.25, 0.3) is 0 Å². The fourth-order valence-corrected chi connectivity index (χ4v) is 4.00. The minimum absolute atomic E-state index is 0.239. The highest BCUT2D eigenvalue weighted by Gasteiger charge is 2.18. The van der Waals surface area contributed by atoms with Crippen LogP contribution in [-0.4, -0.2) is 11.7 Å². The van der Waals surface area contributed by atoms with Gasteiger partial charge in [-0.05, 0) is 68.3 Å². The van der Waals surface area contributed by atoms with Crippen LogP contribution >= 0.6 is 43.5 Å². The summed E-state index contributed by atoms with van der Waals surface area (Å²) < 4.78 is 1.94. The summed E-state index contributed by atoms with van der Waals surface area (Å²) in [4.78, 5) is 4.33. The maximum absolute atomic E-state index is 5.70. The van der Waals surface area contributed by atoms with Crippen LogP contribution in [0, 0.1) is 0 Å². The molecule has 0 unspecified atom stereocenters. The van der Waals surface area contributed by atoms with Gasteiger partial charge in [-0.25, -0.2) is 4.99 Å². The number of amidine groups is 1. The van der Waals surface area contributed by atoms with E-state index in [1.807, 2.05) is 0 Å². The number of hydrogen-bond donors (Lipinski definition) is 1. The molecule has 1 aromatic carbocycles. The van der Waals surface area contributed by atoms with Gasteiger partial charge in [0.15, 0.2) is 0 Å². The maximum Gasteiger partial charge on any atom is 0.115 e. The molecular formula is C14H17Br2ClN2. The molecule has 1 aromatic rings. The largest absolute Gasteiger partial charge is 0.386 e. The lowest BCUT2D eigenvalue weighted by Crippen LogP contribution is -2.12. The Bertz CT molecular complexity index is 459. The topological polar surface area (TPSA) is 38.4 Å². The molecule has 0 radical (unpaired) electrons. The van der Waals surface area contributed by atoms with Gasteiger partial charge in [-0.15, -0.1) is 11.6 Å². The molecule has 0 aliphatic heterocycles. The predicted molar refractivity (Wildman–Crippen MR) is 89.7 cm³/mol. The maximum atomic E-state index is 5.70. The van der Waals surface area contributed by atoms with Crippen molar-refractivity contribution in [3.05, 3.63) is 26.6 Å². The summed E-state index contributed by atoms with van der Waals surface area (Å²) in [5.41, 5.74) is 7.89. The van der Waals surface area contributed by atoms with Crippen molar-refractivity contribution in [1.82, 2.24) is 0 Å². The number of benzene rings is 1. The zero-order valence-electron chi connectivity index (χ0n) is 10.6. The summed E-state index contributed by atoms with van der Waals surface area (Å²) in [5, 5.41) is 0. The quantitative estimate of drug-likeness (QED) is 0.401. The molecule has 5 heteroatoms. The van der Waals surface area contributed by atoms with Gasteiger partial charge in [0.25, 0.3) is 0 Å². The number of rotatable bonds is 3. The van der Waals surface area contributed by atoms with Crippen LogP contribution in [0.3, 0.4) is 0 Å². The van der Waals surface area contributed by atoms with Crippen LogP contribution in [-0.2, 0) is 0 Å². The molecule has 0 spiro atoms. The van der Waals surface area contributed by atoms with Gasteiger partial charge in [0, 0.05) is 8.95 Å². The van der Waals surface area contributed by atoms with Gasteiger partial charge >= 0.3 is 0 Å². The summed E-state index contributed by atoms with van der Waals surface area (Å²) in [7, 11) is 0. The smallest absolute Gasteiger partial charge is 0.115 e. The lowest BCUT2D eigenvalue weighted by Gasteiger charge is -2.22. The highest BCUT2D eigenvalue weighted by atomic mass is 79.9. The molecule has 0 aromatic heterocycles. The highest BCUT2D eigenvalue weighted by molar-refractivity contribution is 9.11. The van der Waals surface area contributed by atoms with Crippen molar-refractivity contribution in [3.63, 3.8) is 0 Å². The summed E-state index contributed by atoms with van der Waals surface area (Å²) in [5.74, 6) is 1.33. The molecule has 0 bridgehead atoms. The molecule has 1 saturated carbocycles. The first-order valence-electron chi connectivity index (χ1n) is 6.49. The van der Waals surface area contributed by atoms with E-state index >= 15 is 0 Å². The lowest BCUT2D eigenvalue weighted by molar-refractivity contribution is 0.443. The Morgan fingerprint density at radius 2 is 1.79 bits per heavy atom. The first-order valence-corrected chi connectivity index (χ1v) is 8.62. The van der Waals surface area contributed by atoms with Gasteiger partial charge in [-0.2, -0.15) is 0 Å². The van der Waals surface area contributed by atoms with E-state index in [0.29, 0.717) is 11.8 Å². The van der Waals surface area contributed by atoms with E-state index in [4.69, 9.17) is 17.3 Å². The molecule has 1 aliphatic carbocycles. The van der Waals surface area contributed by atoms with E-state index in [2.05, 4.69) is 49.0 Å². The van der Waals surface area contributed by atoms with Crippen molar-refractivity contribution in [1.29, 1.82) is 0 Å². The molecule has 2 N–H and O–H groups in total. The minimum Gasteiger partial charge on any atom is -0.386 e. The van der Waals surface area contributed by atoms with Crippen LogP contribution < -0.4 is 5.73 Å². The van der Waals surface area contributed by atoms with E-state index < -0.39 is 0 Å². The fourth-order valence-electron chi connectivity index (χ4n) is 2.54. The fraction of sp³-hybridized carbons (Fsp3) is 0.500. The van der Waals surface area contributed by atoms with Crippen molar-refractivity contribution in [3.8, 4) is 0 Å². The average Bonchev–Trinajstić information content (AvgIpc) is 2.43. The second kappa shape index (κ2) is 7.09. The van der Waals surface area contributed by atoms with Crippen LogP contribution in [0.15, 0.2) is 26.1 Å². The molecule has 104 valence electrons. The molecular weight excluding hydrogens is 391 g/mol. The zero-order chi connectivity index (χ0) is 13.8. The van der Waals surface area contributed by atoms with E-state index in [9.17, 15) is 0 Å². The Morgan fingerprint density at radius 1 is 1.21 bits per heavy atom. The van der Waals surface area contributed by atoms with Gasteiger partial charge < -0.3 is 5.73 Å². The Labute approximate surface area is 136 Å². The number of halogens is 3. The molecule has 19 heavy (non-hydrogen) atoms. The van der Waals surface area contributed by atoms with Crippen LogP contribution in [0.5, 0.6) is 0 Å². The Balaban J connectivity index is 2.30. The minimum atomic E-state index is 0.239. The van der Waals surface area contributed by atoms with Crippen LogP contribution in [0.4, 0.5) is 5.69 Å².